The Labute approximate surface area is 224 Å². The van der Waals surface area contributed by atoms with Gasteiger partial charge in [0, 0.05) is 18.5 Å². The number of carbonyl (C=O) groups excluding carboxylic acids is 1. The largest absolute Gasteiger partial charge is 0.324 e. The second-order valence-electron chi connectivity index (χ2n) is 8.27. The summed E-state index contributed by atoms with van der Waals surface area (Å²) in [5.74, 6) is -0.620. The monoisotopic (exact) mass is 586 g/mol. The van der Waals surface area contributed by atoms with Gasteiger partial charge in [-0.1, -0.05) is 41.4 Å². The van der Waals surface area contributed by atoms with E-state index in [-0.39, 0.29) is 32.1 Å². The fourth-order valence-electron chi connectivity index (χ4n) is 3.34. The summed E-state index contributed by atoms with van der Waals surface area (Å²) in [6.07, 6.45) is 2.60. The fourth-order valence-corrected chi connectivity index (χ4v) is 5.53. The van der Waals surface area contributed by atoms with Crippen LogP contribution in [0.25, 0.3) is 0 Å². The molecule has 1 aromatic heterocycles. The van der Waals surface area contributed by atoms with Crippen molar-refractivity contribution in [1.29, 1.82) is 0 Å². The molecule has 1 atom stereocenters. The van der Waals surface area contributed by atoms with Crippen LogP contribution in [0.2, 0.25) is 10.0 Å². The Balaban J connectivity index is 1.71. The van der Waals surface area contributed by atoms with Gasteiger partial charge in [-0.05, 0) is 55.7 Å². The molecule has 3 rings (SSSR count). The highest BCUT2D eigenvalue weighted by molar-refractivity contribution is 7.90. The van der Waals surface area contributed by atoms with Crippen LogP contribution < -0.4 is 15.6 Å². The van der Waals surface area contributed by atoms with Gasteiger partial charge in [-0.2, -0.15) is 5.10 Å². The highest BCUT2D eigenvalue weighted by Gasteiger charge is 2.22. The Bertz CT molecular complexity index is 1610. The zero-order chi connectivity index (χ0) is 27.5. The molecule has 14 heteroatoms. The SMILES string of the molecule is Cc1ccc(NC(=O)[C@@H](C)n2ncc(Cl)c(Cl)c2=O)cc1S(=O)(=O)NCCc1ccc(S(C)(=O)=O)cc1. The Morgan fingerprint density at radius 3 is 2.35 bits per heavy atom. The summed E-state index contributed by atoms with van der Waals surface area (Å²) in [6, 6.07) is 9.53. The molecule has 3 aromatic rings. The predicted octanol–water partition coefficient (Wildman–Crippen LogP) is 2.98. The van der Waals surface area contributed by atoms with Gasteiger partial charge in [0.2, 0.25) is 15.9 Å². The molecule has 0 spiro atoms. The van der Waals surface area contributed by atoms with E-state index in [9.17, 15) is 26.4 Å². The number of aryl methyl sites for hydroxylation is 1. The molecule has 0 radical (unpaired) electrons. The van der Waals surface area contributed by atoms with Crippen LogP contribution in [0.4, 0.5) is 5.69 Å². The van der Waals surface area contributed by atoms with Crippen molar-refractivity contribution >= 4 is 54.7 Å². The van der Waals surface area contributed by atoms with Crippen molar-refractivity contribution in [1.82, 2.24) is 14.5 Å². The fraction of sp³-hybridized carbons (Fsp3) is 0.261. The van der Waals surface area contributed by atoms with Crippen molar-refractivity contribution in [2.75, 3.05) is 18.1 Å². The smallest absolute Gasteiger partial charge is 0.287 e. The van der Waals surface area contributed by atoms with Crippen LogP contribution in [-0.2, 0) is 31.1 Å². The molecule has 0 fully saturated rings. The van der Waals surface area contributed by atoms with Gasteiger partial charge in [-0.3, -0.25) is 9.59 Å². The van der Waals surface area contributed by atoms with E-state index in [0.717, 1.165) is 22.7 Å². The average Bonchev–Trinajstić information content (AvgIpc) is 2.83. The lowest BCUT2D eigenvalue weighted by Gasteiger charge is -2.16. The van der Waals surface area contributed by atoms with E-state index in [2.05, 4.69) is 15.1 Å². The Morgan fingerprint density at radius 1 is 1.08 bits per heavy atom. The summed E-state index contributed by atoms with van der Waals surface area (Å²) in [6.45, 7) is 3.12. The number of sulfone groups is 1. The molecule has 0 unspecified atom stereocenters. The predicted molar refractivity (Wildman–Crippen MR) is 141 cm³/mol. The molecule has 2 aromatic carbocycles. The van der Waals surface area contributed by atoms with Crippen molar-refractivity contribution in [2.45, 2.75) is 36.1 Å². The van der Waals surface area contributed by atoms with E-state index in [1.165, 1.54) is 31.2 Å². The number of rotatable bonds is 9. The first-order valence-corrected chi connectivity index (χ1v) is 15.0. The van der Waals surface area contributed by atoms with Gasteiger partial charge in [0.05, 0.1) is 21.0 Å². The molecule has 0 saturated carbocycles. The first-order chi connectivity index (χ1) is 17.2. The van der Waals surface area contributed by atoms with Crippen LogP contribution >= 0.6 is 23.2 Å². The van der Waals surface area contributed by atoms with Gasteiger partial charge in [-0.15, -0.1) is 0 Å². The summed E-state index contributed by atoms with van der Waals surface area (Å²) in [5, 5.41) is 6.12. The molecule has 0 bridgehead atoms. The van der Waals surface area contributed by atoms with Crippen LogP contribution in [-0.4, -0.2) is 45.3 Å². The quantitative estimate of drug-likeness (QED) is 0.392. The standard InChI is InChI=1S/C23H24Cl2N4O6S2/c1-14-4-7-17(28-22(30)15(2)29-23(31)21(25)19(24)13-26-29)12-20(14)37(34,35)27-11-10-16-5-8-18(9-6-16)36(3,32)33/h4-9,12-13,15,27H,10-11H2,1-3H3,(H,28,30)/t15-/m1/s1. The van der Waals surface area contributed by atoms with E-state index in [4.69, 9.17) is 23.2 Å². The van der Waals surface area contributed by atoms with E-state index in [0.29, 0.717) is 12.0 Å². The molecule has 0 aliphatic rings. The number of nitrogens with one attached hydrogen (secondary N) is 2. The minimum Gasteiger partial charge on any atom is -0.324 e. The third-order valence-corrected chi connectivity index (χ3v) is 8.93. The number of halogens is 2. The maximum absolute atomic E-state index is 13.0. The summed E-state index contributed by atoms with van der Waals surface area (Å²) >= 11 is 11.6. The molecular formula is C23H24Cl2N4O6S2. The number of benzene rings is 2. The van der Waals surface area contributed by atoms with Crippen LogP contribution in [0.3, 0.4) is 0 Å². The number of sulfonamides is 1. The van der Waals surface area contributed by atoms with E-state index >= 15 is 0 Å². The lowest BCUT2D eigenvalue weighted by atomic mass is 10.2. The topological polar surface area (TPSA) is 144 Å². The molecule has 2 N–H and O–H groups in total. The van der Waals surface area contributed by atoms with Crippen molar-refractivity contribution in [2.24, 2.45) is 0 Å². The van der Waals surface area contributed by atoms with Crippen LogP contribution in [0, 0.1) is 6.92 Å². The van der Waals surface area contributed by atoms with Gasteiger partial charge >= 0.3 is 0 Å². The molecule has 10 nitrogen and oxygen atoms in total. The third kappa shape index (κ3) is 6.96. The van der Waals surface area contributed by atoms with Gasteiger partial charge in [0.15, 0.2) is 9.84 Å². The molecule has 37 heavy (non-hydrogen) atoms. The normalized spacial score (nSPS) is 12.8. The molecular weight excluding hydrogens is 563 g/mol. The Kier molecular flexibility index (Phi) is 8.81. The van der Waals surface area contributed by atoms with Crippen molar-refractivity contribution < 1.29 is 21.6 Å². The minimum atomic E-state index is -3.94. The lowest BCUT2D eigenvalue weighted by molar-refractivity contribution is -0.119. The van der Waals surface area contributed by atoms with Gasteiger partial charge in [0.1, 0.15) is 11.1 Å². The Hall–Kier alpha value is -2.77. The molecule has 0 aliphatic carbocycles. The lowest BCUT2D eigenvalue weighted by Crippen LogP contribution is -2.33. The second-order valence-corrected chi connectivity index (χ2v) is 12.8. The van der Waals surface area contributed by atoms with Crippen LogP contribution in [0.1, 0.15) is 24.1 Å². The molecule has 0 aliphatic heterocycles. The highest BCUT2D eigenvalue weighted by atomic mass is 35.5. The van der Waals surface area contributed by atoms with Gasteiger partial charge < -0.3 is 5.32 Å². The minimum absolute atomic E-state index is 0.0322. The molecule has 1 heterocycles. The molecule has 1 amide bonds. The number of hydrogen-bond acceptors (Lipinski definition) is 7. The number of nitrogens with zero attached hydrogens (tertiary/aromatic N) is 2. The van der Waals surface area contributed by atoms with E-state index in [1.807, 2.05) is 0 Å². The maximum atomic E-state index is 13.0. The van der Waals surface area contributed by atoms with E-state index in [1.54, 1.807) is 25.1 Å². The first kappa shape index (κ1) is 28.8. The van der Waals surface area contributed by atoms with Crippen molar-refractivity contribution in [3.8, 4) is 0 Å². The van der Waals surface area contributed by atoms with Crippen molar-refractivity contribution in [3.63, 3.8) is 0 Å². The summed E-state index contributed by atoms with van der Waals surface area (Å²) < 4.78 is 52.4. The molecule has 0 saturated heterocycles. The van der Waals surface area contributed by atoms with Crippen LogP contribution in [0.15, 0.2) is 63.2 Å². The Morgan fingerprint density at radius 2 is 1.73 bits per heavy atom. The third-order valence-electron chi connectivity index (χ3n) is 5.45. The number of anilines is 1. The van der Waals surface area contributed by atoms with Crippen LogP contribution in [0.5, 0.6) is 0 Å². The number of hydrogen-bond donors (Lipinski definition) is 2. The summed E-state index contributed by atoms with van der Waals surface area (Å²) in [7, 11) is -7.25. The highest BCUT2D eigenvalue weighted by Crippen LogP contribution is 2.22. The summed E-state index contributed by atoms with van der Waals surface area (Å²) in [5.41, 5.74) is 0.679. The number of carbonyl (C=O) groups is 1. The van der Waals surface area contributed by atoms with Gasteiger partial charge in [0.25, 0.3) is 5.56 Å². The first-order valence-electron chi connectivity index (χ1n) is 10.8. The molecule has 198 valence electrons. The zero-order valence-electron chi connectivity index (χ0n) is 20.0. The van der Waals surface area contributed by atoms with Crippen molar-refractivity contribution in [3.05, 3.63) is 80.2 Å². The second kappa shape index (κ2) is 11.3. The zero-order valence-corrected chi connectivity index (χ0v) is 23.2. The summed E-state index contributed by atoms with van der Waals surface area (Å²) in [4.78, 5) is 25.2. The van der Waals surface area contributed by atoms with E-state index < -0.39 is 37.4 Å². The average molecular weight is 588 g/mol. The van der Waals surface area contributed by atoms with Gasteiger partial charge in [-0.25, -0.2) is 26.2 Å². The number of amides is 1. The number of aromatic nitrogens is 2. The maximum Gasteiger partial charge on any atom is 0.287 e.